The topological polar surface area (TPSA) is 177 Å². The van der Waals surface area contributed by atoms with Gasteiger partial charge in [-0.3, -0.25) is 14.6 Å². The number of nitrogens with one attached hydrogen (secondary N) is 1. The Hall–Kier alpha value is -2.20. The van der Waals surface area contributed by atoms with Crippen molar-refractivity contribution in [2.24, 2.45) is 22.2 Å². The number of unbranched alkanes of at least 4 members (excludes halogenated alkanes) is 1. The molecular weight excluding hydrogens is 340 g/mol. The van der Waals surface area contributed by atoms with Gasteiger partial charge >= 0.3 is 0 Å². The fourth-order valence-electron chi connectivity index (χ4n) is 2.29. The summed E-state index contributed by atoms with van der Waals surface area (Å²) >= 11 is 0. The number of carbonyl (C=O) groups excluding carboxylic acids is 3. The summed E-state index contributed by atoms with van der Waals surface area (Å²) in [6.45, 7) is 3.73. The van der Waals surface area contributed by atoms with Crippen molar-refractivity contribution < 1.29 is 19.5 Å². The molecule has 0 spiro atoms. The van der Waals surface area contributed by atoms with Gasteiger partial charge < -0.3 is 37.3 Å². The van der Waals surface area contributed by atoms with Crippen molar-refractivity contribution >= 4 is 24.1 Å². The van der Waals surface area contributed by atoms with E-state index in [0.29, 0.717) is 25.9 Å². The van der Waals surface area contributed by atoms with Crippen LogP contribution in [0.1, 0.15) is 39.5 Å². The van der Waals surface area contributed by atoms with Gasteiger partial charge in [-0.2, -0.15) is 0 Å². The van der Waals surface area contributed by atoms with Crippen LogP contribution in [0, 0.1) is 0 Å². The van der Waals surface area contributed by atoms with Gasteiger partial charge in [0.05, 0.1) is 12.6 Å². The van der Waals surface area contributed by atoms with Gasteiger partial charge in [0.1, 0.15) is 18.4 Å². The quantitative estimate of drug-likeness (QED) is 0.108. The molecule has 0 aliphatic carbocycles. The highest BCUT2D eigenvalue weighted by atomic mass is 16.3. The molecule has 10 nitrogen and oxygen atoms in total. The lowest BCUT2D eigenvalue weighted by Crippen LogP contribution is -2.54. The minimum atomic E-state index is -1.10. The highest BCUT2D eigenvalue weighted by Gasteiger charge is 2.28. The predicted molar refractivity (Wildman–Crippen MR) is 99.0 cm³/mol. The van der Waals surface area contributed by atoms with Crippen LogP contribution in [0.2, 0.25) is 0 Å². The number of nitrogens with two attached hydrogens (primary N) is 3. The molecule has 0 saturated carbocycles. The third-order valence-electron chi connectivity index (χ3n) is 3.81. The standard InChI is InChI=1S/C16H32N6O4/c1-3-4-8-22(12(9-23)6-5-7-20-16(18)19)15(26)11(2)21-14(25)13(17)10-24/h9,11-13,24H,3-8,10,17H2,1-2H3,(H,21,25)(H4,18,19,20)/t11-,12-,13+/m0/s1. The Morgan fingerprint density at radius 3 is 2.46 bits per heavy atom. The third kappa shape index (κ3) is 8.77. The summed E-state index contributed by atoms with van der Waals surface area (Å²) in [6.07, 6.45) is 3.23. The molecule has 2 amide bonds. The first-order chi connectivity index (χ1) is 12.3. The number of aliphatic hydroxyl groups excluding tert-OH is 1. The van der Waals surface area contributed by atoms with Crippen molar-refractivity contribution in [2.75, 3.05) is 19.7 Å². The van der Waals surface area contributed by atoms with E-state index in [-0.39, 0.29) is 11.9 Å². The minimum absolute atomic E-state index is 0.0249. The minimum Gasteiger partial charge on any atom is -0.394 e. The molecule has 8 N–H and O–H groups in total. The van der Waals surface area contributed by atoms with E-state index in [4.69, 9.17) is 22.3 Å². The number of nitrogens with zero attached hydrogens (tertiary/aromatic N) is 2. The van der Waals surface area contributed by atoms with Gasteiger partial charge in [0.25, 0.3) is 0 Å². The Kier molecular flexibility index (Phi) is 12.0. The smallest absolute Gasteiger partial charge is 0.245 e. The molecule has 0 bridgehead atoms. The molecule has 3 atom stereocenters. The van der Waals surface area contributed by atoms with Gasteiger partial charge in [0, 0.05) is 13.1 Å². The lowest BCUT2D eigenvalue weighted by molar-refractivity contribution is -0.140. The van der Waals surface area contributed by atoms with Gasteiger partial charge in [-0.25, -0.2) is 0 Å². The number of aldehydes is 1. The van der Waals surface area contributed by atoms with E-state index < -0.39 is 30.6 Å². The zero-order valence-electron chi connectivity index (χ0n) is 15.6. The van der Waals surface area contributed by atoms with E-state index in [0.717, 1.165) is 19.1 Å². The van der Waals surface area contributed by atoms with Gasteiger partial charge in [-0.05, 0) is 26.2 Å². The largest absolute Gasteiger partial charge is 0.394 e. The van der Waals surface area contributed by atoms with Crippen LogP contribution < -0.4 is 22.5 Å². The fourth-order valence-corrected chi connectivity index (χ4v) is 2.29. The summed E-state index contributed by atoms with van der Waals surface area (Å²) in [7, 11) is 0. The van der Waals surface area contributed by atoms with E-state index in [1.807, 2.05) is 6.92 Å². The summed E-state index contributed by atoms with van der Waals surface area (Å²) in [5.74, 6) is -1.03. The van der Waals surface area contributed by atoms with Crippen LogP contribution in [0.15, 0.2) is 4.99 Å². The van der Waals surface area contributed by atoms with E-state index in [1.165, 1.54) is 11.8 Å². The number of guanidine groups is 1. The fraction of sp³-hybridized carbons (Fsp3) is 0.750. The molecule has 0 aliphatic rings. The molecule has 0 heterocycles. The molecule has 26 heavy (non-hydrogen) atoms. The van der Waals surface area contributed by atoms with E-state index in [9.17, 15) is 14.4 Å². The van der Waals surface area contributed by atoms with Crippen molar-refractivity contribution in [1.82, 2.24) is 10.2 Å². The summed E-state index contributed by atoms with van der Waals surface area (Å²) in [6, 6.07) is -2.60. The molecule has 0 rings (SSSR count). The van der Waals surface area contributed by atoms with Crippen molar-refractivity contribution in [3.8, 4) is 0 Å². The number of rotatable bonds is 13. The number of aliphatic imine (C=N–C) groups is 1. The van der Waals surface area contributed by atoms with Gasteiger partial charge in [0.15, 0.2) is 5.96 Å². The second kappa shape index (κ2) is 13.1. The summed E-state index contributed by atoms with van der Waals surface area (Å²) in [5, 5.41) is 11.4. The lowest BCUT2D eigenvalue weighted by Gasteiger charge is -2.31. The molecule has 0 aliphatic heterocycles. The lowest BCUT2D eigenvalue weighted by atomic mass is 10.1. The van der Waals surface area contributed by atoms with Crippen LogP contribution in [0.25, 0.3) is 0 Å². The number of hydrogen-bond acceptors (Lipinski definition) is 6. The van der Waals surface area contributed by atoms with Crippen molar-refractivity contribution in [3.05, 3.63) is 0 Å². The first-order valence-corrected chi connectivity index (χ1v) is 8.76. The van der Waals surface area contributed by atoms with E-state index in [2.05, 4.69) is 10.3 Å². The SMILES string of the molecule is CCCCN(C(=O)[C@H](C)NC(=O)[C@H](N)CO)[C@H](C=O)CCCN=C(N)N. The maximum atomic E-state index is 12.7. The Labute approximate surface area is 154 Å². The highest BCUT2D eigenvalue weighted by molar-refractivity contribution is 5.90. The molecule has 10 heteroatoms. The average Bonchev–Trinajstić information content (AvgIpc) is 2.61. The van der Waals surface area contributed by atoms with Crippen LogP contribution in [0.4, 0.5) is 0 Å². The van der Waals surface area contributed by atoms with Crippen molar-refractivity contribution in [3.63, 3.8) is 0 Å². The molecule has 0 aromatic carbocycles. The summed E-state index contributed by atoms with van der Waals surface area (Å²) in [5.41, 5.74) is 16.0. The van der Waals surface area contributed by atoms with Crippen LogP contribution >= 0.6 is 0 Å². The molecule has 0 saturated heterocycles. The Morgan fingerprint density at radius 2 is 1.96 bits per heavy atom. The molecular formula is C16H32N6O4. The van der Waals surface area contributed by atoms with Gasteiger partial charge in [-0.1, -0.05) is 13.3 Å². The number of amides is 2. The zero-order valence-corrected chi connectivity index (χ0v) is 15.6. The first-order valence-electron chi connectivity index (χ1n) is 8.76. The number of carbonyl (C=O) groups is 3. The summed E-state index contributed by atoms with van der Waals surface area (Å²) in [4.78, 5) is 41.3. The monoisotopic (exact) mass is 372 g/mol. The van der Waals surface area contributed by atoms with Crippen LogP contribution in [0.3, 0.4) is 0 Å². The van der Waals surface area contributed by atoms with Crippen LogP contribution in [-0.4, -0.2) is 71.9 Å². The number of hydrogen-bond donors (Lipinski definition) is 5. The maximum absolute atomic E-state index is 12.7. The molecule has 0 fully saturated rings. The molecule has 0 aromatic heterocycles. The molecule has 0 unspecified atom stereocenters. The zero-order chi connectivity index (χ0) is 20.1. The van der Waals surface area contributed by atoms with Crippen molar-refractivity contribution in [1.29, 1.82) is 0 Å². The van der Waals surface area contributed by atoms with E-state index in [1.54, 1.807) is 0 Å². The molecule has 0 radical (unpaired) electrons. The second-order valence-corrected chi connectivity index (χ2v) is 6.06. The Balaban J connectivity index is 4.99. The first kappa shape index (κ1) is 23.8. The predicted octanol–water partition coefficient (Wildman–Crippen LogP) is -1.94. The molecule has 150 valence electrons. The average molecular weight is 372 g/mol. The second-order valence-electron chi connectivity index (χ2n) is 6.06. The van der Waals surface area contributed by atoms with Gasteiger partial charge in [0.2, 0.25) is 11.8 Å². The number of aliphatic hydroxyl groups is 1. The summed E-state index contributed by atoms with van der Waals surface area (Å²) < 4.78 is 0. The molecule has 0 aromatic rings. The van der Waals surface area contributed by atoms with E-state index >= 15 is 0 Å². The Morgan fingerprint density at radius 1 is 1.31 bits per heavy atom. The third-order valence-corrected chi connectivity index (χ3v) is 3.81. The highest BCUT2D eigenvalue weighted by Crippen LogP contribution is 2.10. The Bertz CT molecular complexity index is 481. The maximum Gasteiger partial charge on any atom is 0.245 e. The van der Waals surface area contributed by atoms with Crippen LogP contribution in [0.5, 0.6) is 0 Å². The van der Waals surface area contributed by atoms with Crippen LogP contribution in [-0.2, 0) is 14.4 Å². The van der Waals surface area contributed by atoms with Crippen molar-refractivity contribution in [2.45, 2.75) is 57.7 Å². The van der Waals surface area contributed by atoms with Gasteiger partial charge in [-0.15, -0.1) is 0 Å². The normalized spacial score (nSPS) is 14.0.